The molecule has 1 aromatic heterocycles. The number of nitrogens with one attached hydrogen (secondary N) is 1. The number of H-pyrrole nitrogens is 1. The van der Waals surface area contributed by atoms with Crippen molar-refractivity contribution in [2.24, 2.45) is 5.73 Å². The highest BCUT2D eigenvalue weighted by molar-refractivity contribution is 5.95. The second-order valence-corrected chi connectivity index (χ2v) is 4.10. The fourth-order valence-corrected chi connectivity index (χ4v) is 1.97. The van der Waals surface area contributed by atoms with Crippen LogP contribution < -0.4 is 16.0 Å². The van der Waals surface area contributed by atoms with Gasteiger partial charge in [0.25, 0.3) is 5.56 Å². The molecule has 0 unspecified atom stereocenters. The fraction of sp³-hybridized carbons (Fsp3) is 0.231. The number of nitrogens with two attached hydrogens (primary N) is 1. The molecule has 2 aromatic rings. The molecule has 0 radical (unpaired) electrons. The van der Waals surface area contributed by atoms with Gasteiger partial charge in [-0.2, -0.15) is 0 Å². The molecule has 6 heteroatoms. The van der Waals surface area contributed by atoms with Crippen molar-refractivity contribution in [3.63, 3.8) is 0 Å². The second-order valence-electron chi connectivity index (χ2n) is 4.10. The van der Waals surface area contributed by atoms with Gasteiger partial charge in [0.15, 0.2) is 0 Å². The van der Waals surface area contributed by atoms with Gasteiger partial charge in [-0.1, -0.05) is 0 Å². The molecule has 0 aliphatic carbocycles. The Morgan fingerprint density at radius 3 is 2.84 bits per heavy atom. The standard InChI is InChI=1S/C13H14N2O4/c1-7-9-3-2-8(19-5-4-14)6-10(9)15-12(16)11(7)13(17)18/h2-3,6H,4-5,14H2,1H3,(H,15,16)(H,17,18). The van der Waals surface area contributed by atoms with Crippen LogP contribution in [0.3, 0.4) is 0 Å². The molecule has 0 amide bonds. The summed E-state index contributed by atoms with van der Waals surface area (Å²) in [5.41, 5.74) is 5.48. The van der Waals surface area contributed by atoms with Gasteiger partial charge in [0.1, 0.15) is 17.9 Å². The Bertz CT molecular complexity index is 691. The maximum absolute atomic E-state index is 11.7. The Hall–Kier alpha value is -2.34. The lowest BCUT2D eigenvalue weighted by Crippen LogP contribution is -2.19. The van der Waals surface area contributed by atoms with Gasteiger partial charge in [-0.3, -0.25) is 4.79 Å². The van der Waals surface area contributed by atoms with Crippen molar-refractivity contribution in [2.45, 2.75) is 6.92 Å². The van der Waals surface area contributed by atoms with Crippen LogP contribution in [0.25, 0.3) is 10.9 Å². The highest BCUT2D eigenvalue weighted by Crippen LogP contribution is 2.22. The zero-order valence-electron chi connectivity index (χ0n) is 10.4. The third-order valence-corrected chi connectivity index (χ3v) is 2.85. The van der Waals surface area contributed by atoms with Gasteiger partial charge in [-0.15, -0.1) is 0 Å². The second kappa shape index (κ2) is 5.11. The Balaban J connectivity index is 2.60. The van der Waals surface area contributed by atoms with E-state index in [1.54, 1.807) is 25.1 Å². The minimum Gasteiger partial charge on any atom is -0.492 e. The number of carbonyl (C=O) groups is 1. The third-order valence-electron chi connectivity index (χ3n) is 2.85. The van der Waals surface area contributed by atoms with Crippen molar-refractivity contribution >= 4 is 16.9 Å². The summed E-state index contributed by atoms with van der Waals surface area (Å²) in [4.78, 5) is 25.3. The molecule has 0 saturated carbocycles. The molecule has 1 heterocycles. The third kappa shape index (κ3) is 2.43. The molecule has 19 heavy (non-hydrogen) atoms. The summed E-state index contributed by atoms with van der Waals surface area (Å²) in [6, 6.07) is 5.10. The van der Waals surface area contributed by atoms with E-state index in [1.807, 2.05) is 0 Å². The Morgan fingerprint density at radius 2 is 2.21 bits per heavy atom. The van der Waals surface area contributed by atoms with Crippen LogP contribution in [-0.4, -0.2) is 29.2 Å². The summed E-state index contributed by atoms with van der Waals surface area (Å²) in [7, 11) is 0. The van der Waals surface area contributed by atoms with Crippen LogP contribution in [0.4, 0.5) is 0 Å². The predicted molar refractivity (Wildman–Crippen MR) is 70.8 cm³/mol. The van der Waals surface area contributed by atoms with E-state index in [1.165, 1.54) is 0 Å². The van der Waals surface area contributed by atoms with Gasteiger partial charge in [-0.25, -0.2) is 4.79 Å². The molecule has 0 aliphatic rings. The number of aromatic carboxylic acids is 1. The van der Waals surface area contributed by atoms with Gasteiger partial charge >= 0.3 is 5.97 Å². The SMILES string of the molecule is Cc1c(C(=O)O)c(=O)[nH]c2cc(OCCN)ccc12. The molecule has 1 aromatic carbocycles. The molecule has 0 saturated heterocycles. The number of rotatable bonds is 4. The van der Waals surface area contributed by atoms with E-state index >= 15 is 0 Å². The van der Waals surface area contributed by atoms with Gasteiger partial charge in [0, 0.05) is 18.0 Å². The van der Waals surface area contributed by atoms with Crippen molar-refractivity contribution in [3.05, 3.63) is 39.7 Å². The van der Waals surface area contributed by atoms with E-state index in [9.17, 15) is 9.59 Å². The van der Waals surface area contributed by atoms with Crippen molar-refractivity contribution in [1.29, 1.82) is 0 Å². The van der Waals surface area contributed by atoms with Crippen molar-refractivity contribution < 1.29 is 14.6 Å². The molecular weight excluding hydrogens is 248 g/mol. The number of aryl methyl sites for hydroxylation is 1. The average molecular weight is 262 g/mol. The van der Waals surface area contributed by atoms with E-state index < -0.39 is 11.5 Å². The summed E-state index contributed by atoms with van der Waals surface area (Å²) in [6.07, 6.45) is 0. The number of pyridine rings is 1. The quantitative estimate of drug-likeness (QED) is 0.758. The Kier molecular flexibility index (Phi) is 3.52. The first-order chi connectivity index (χ1) is 9.04. The van der Waals surface area contributed by atoms with E-state index in [0.29, 0.717) is 35.4 Å². The molecule has 100 valence electrons. The summed E-state index contributed by atoms with van der Waals surface area (Å²) in [6.45, 7) is 2.38. The predicted octanol–water partition coefficient (Wildman–Crippen LogP) is 0.872. The first-order valence-corrected chi connectivity index (χ1v) is 5.77. The topological polar surface area (TPSA) is 105 Å². The van der Waals surface area contributed by atoms with Gasteiger partial charge < -0.3 is 20.6 Å². The van der Waals surface area contributed by atoms with Crippen LogP contribution in [0.15, 0.2) is 23.0 Å². The van der Waals surface area contributed by atoms with Crippen LogP contribution in [-0.2, 0) is 0 Å². The van der Waals surface area contributed by atoms with Crippen LogP contribution >= 0.6 is 0 Å². The molecule has 6 nitrogen and oxygen atoms in total. The number of carboxylic acid groups (broad SMARTS) is 1. The lowest BCUT2D eigenvalue weighted by molar-refractivity contribution is 0.0694. The first kappa shape index (κ1) is 13.1. The molecule has 0 atom stereocenters. The van der Waals surface area contributed by atoms with Gasteiger partial charge in [-0.05, 0) is 24.6 Å². The molecule has 0 aliphatic heterocycles. The molecule has 0 spiro atoms. The zero-order valence-corrected chi connectivity index (χ0v) is 10.4. The maximum Gasteiger partial charge on any atom is 0.341 e. The molecule has 0 fully saturated rings. The maximum atomic E-state index is 11.7. The number of ether oxygens (including phenoxy) is 1. The van der Waals surface area contributed by atoms with E-state index in [4.69, 9.17) is 15.6 Å². The summed E-state index contributed by atoms with van der Waals surface area (Å²) < 4.78 is 5.36. The minimum atomic E-state index is -1.23. The smallest absolute Gasteiger partial charge is 0.341 e. The number of fused-ring (bicyclic) bond motifs is 1. The molecule has 2 rings (SSSR count). The normalized spacial score (nSPS) is 10.6. The highest BCUT2D eigenvalue weighted by Gasteiger charge is 2.15. The van der Waals surface area contributed by atoms with Crippen LogP contribution in [0.2, 0.25) is 0 Å². The summed E-state index contributed by atoms with van der Waals surface area (Å²) >= 11 is 0. The van der Waals surface area contributed by atoms with Gasteiger partial charge in [0.2, 0.25) is 0 Å². The Morgan fingerprint density at radius 1 is 1.47 bits per heavy atom. The van der Waals surface area contributed by atoms with Crippen LogP contribution in [0.1, 0.15) is 15.9 Å². The lowest BCUT2D eigenvalue weighted by Gasteiger charge is -2.08. The number of hydrogen-bond donors (Lipinski definition) is 3. The van der Waals surface area contributed by atoms with Crippen molar-refractivity contribution in [1.82, 2.24) is 4.98 Å². The molecule has 0 bridgehead atoms. The van der Waals surface area contributed by atoms with Crippen molar-refractivity contribution in [3.8, 4) is 5.75 Å². The van der Waals surface area contributed by atoms with Crippen LogP contribution in [0.5, 0.6) is 5.75 Å². The minimum absolute atomic E-state index is 0.233. The fourth-order valence-electron chi connectivity index (χ4n) is 1.97. The summed E-state index contributed by atoms with van der Waals surface area (Å²) in [5.74, 6) is -0.653. The molecular formula is C13H14N2O4. The largest absolute Gasteiger partial charge is 0.492 e. The van der Waals surface area contributed by atoms with Gasteiger partial charge in [0.05, 0.1) is 5.52 Å². The average Bonchev–Trinajstić information content (AvgIpc) is 2.35. The van der Waals surface area contributed by atoms with E-state index in [2.05, 4.69) is 4.98 Å². The monoisotopic (exact) mass is 262 g/mol. The summed E-state index contributed by atoms with van der Waals surface area (Å²) in [5, 5.41) is 9.70. The van der Waals surface area contributed by atoms with E-state index in [0.717, 1.165) is 0 Å². The number of benzene rings is 1. The van der Waals surface area contributed by atoms with Crippen LogP contribution in [0, 0.1) is 6.92 Å². The first-order valence-electron chi connectivity index (χ1n) is 5.77. The lowest BCUT2D eigenvalue weighted by atomic mass is 10.0. The molecule has 4 N–H and O–H groups in total. The zero-order chi connectivity index (χ0) is 14.0. The van der Waals surface area contributed by atoms with Crippen molar-refractivity contribution in [2.75, 3.05) is 13.2 Å². The number of aromatic nitrogens is 1. The number of aromatic amines is 1. The van der Waals surface area contributed by atoms with E-state index in [-0.39, 0.29) is 5.56 Å². The number of carboxylic acids is 1. The number of hydrogen-bond acceptors (Lipinski definition) is 4. The highest BCUT2D eigenvalue weighted by atomic mass is 16.5. The Labute approximate surface area is 108 Å².